The first-order chi connectivity index (χ1) is 8.69. The van der Waals surface area contributed by atoms with Crippen LogP contribution in [0.25, 0.3) is 0 Å². The highest BCUT2D eigenvalue weighted by atomic mass is 19.1. The van der Waals surface area contributed by atoms with Crippen LogP contribution < -0.4 is 16.0 Å². The minimum absolute atomic E-state index is 0.141. The maximum atomic E-state index is 14.3. The van der Waals surface area contributed by atoms with Gasteiger partial charge in [-0.2, -0.15) is 0 Å². The Labute approximate surface area is 107 Å². The maximum Gasteiger partial charge on any atom is 0.169 e. The molecule has 1 saturated carbocycles. The first-order valence-electron chi connectivity index (χ1n) is 6.47. The second-order valence-electron chi connectivity index (χ2n) is 5.08. The smallest absolute Gasteiger partial charge is 0.169 e. The minimum Gasteiger partial charge on any atom is -0.494 e. The predicted octanol–water partition coefficient (Wildman–Crippen LogP) is 2.77. The van der Waals surface area contributed by atoms with Gasteiger partial charge in [0, 0.05) is 5.56 Å². The minimum atomic E-state index is -0.304. The molecule has 0 aromatic heterocycles. The average Bonchev–Trinajstić information content (AvgIpc) is 2.79. The van der Waals surface area contributed by atoms with E-state index in [1.54, 1.807) is 18.2 Å². The van der Waals surface area contributed by atoms with Gasteiger partial charge in [-0.05, 0) is 24.3 Å². The summed E-state index contributed by atoms with van der Waals surface area (Å²) in [4.78, 5) is 0. The summed E-state index contributed by atoms with van der Waals surface area (Å²) in [6.45, 7) is 2.21. The van der Waals surface area contributed by atoms with Crippen molar-refractivity contribution in [2.75, 3.05) is 7.11 Å². The highest BCUT2D eigenvalue weighted by Gasteiger charge is 2.33. The van der Waals surface area contributed by atoms with Crippen molar-refractivity contribution in [3.05, 3.63) is 29.6 Å². The molecule has 0 amide bonds. The Balaban J connectivity index is 2.32. The third kappa shape index (κ3) is 2.35. The van der Waals surface area contributed by atoms with Gasteiger partial charge in [-0.1, -0.05) is 31.9 Å². The fraction of sp³-hybridized carbons (Fsp3) is 0.571. The summed E-state index contributed by atoms with van der Waals surface area (Å²) in [6, 6.07) is 5.08. The number of benzene rings is 1. The summed E-state index contributed by atoms with van der Waals surface area (Å²) in [5.74, 6) is 6.57. The van der Waals surface area contributed by atoms with E-state index in [1.165, 1.54) is 20.0 Å². The molecule has 1 aliphatic carbocycles. The van der Waals surface area contributed by atoms with Crippen LogP contribution in [-0.4, -0.2) is 7.11 Å². The Morgan fingerprint density at radius 3 is 2.78 bits per heavy atom. The van der Waals surface area contributed by atoms with Crippen molar-refractivity contribution in [3.8, 4) is 5.75 Å². The molecule has 3 N–H and O–H groups in total. The van der Waals surface area contributed by atoms with E-state index >= 15 is 0 Å². The zero-order valence-electron chi connectivity index (χ0n) is 10.9. The highest BCUT2D eigenvalue weighted by molar-refractivity contribution is 5.33. The zero-order valence-corrected chi connectivity index (χ0v) is 10.9. The summed E-state index contributed by atoms with van der Waals surface area (Å²) in [6.07, 6.45) is 3.47. The second kappa shape index (κ2) is 5.67. The fourth-order valence-electron chi connectivity index (χ4n) is 3.04. The fourth-order valence-corrected chi connectivity index (χ4v) is 3.04. The van der Waals surface area contributed by atoms with Gasteiger partial charge in [0.15, 0.2) is 11.6 Å². The van der Waals surface area contributed by atoms with Crippen LogP contribution in [0.2, 0.25) is 0 Å². The van der Waals surface area contributed by atoms with Gasteiger partial charge in [0.2, 0.25) is 0 Å². The second-order valence-corrected chi connectivity index (χ2v) is 5.08. The SMILES string of the molecule is COc1cccc(C(NN)C2CCCC2C)c1F. The molecule has 1 aliphatic rings. The van der Waals surface area contributed by atoms with Crippen LogP contribution in [0.4, 0.5) is 4.39 Å². The van der Waals surface area contributed by atoms with Crippen LogP contribution in [0.15, 0.2) is 18.2 Å². The number of ether oxygens (including phenoxy) is 1. The van der Waals surface area contributed by atoms with Crippen molar-refractivity contribution in [1.29, 1.82) is 0 Å². The summed E-state index contributed by atoms with van der Waals surface area (Å²) in [5.41, 5.74) is 3.39. The lowest BCUT2D eigenvalue weighted by Crippen LogP contribution is -2.35. The molecule has 1 aromatic rings. The van der Waals surface area contributed by atoms with Crippen molar-refractivity contribution in [3.63, 3.8) is 0 Å². The van der Waals surface area contributed by atoms with E-state index in [4.69, 9.17) is 10.6 Å². The summed E-state index contributed by atoms with van der Waals surface area (Å²) >= 11 is 0. The number of nitrogens with two attached hydrogens (primary N) is 1. The average molecular weight is 252 g/mol. The lowest BCUT2D eigenvalue weighted by molar-refractivity contribution is 0.294. The molecule has 1 fully saturated rings. The van der Waals surface area contributed by atoms with E-state index < -0.39 is 0 Å². The predicted molar refractivity (Wildman–Crippen MR) is 69.5 cm³/mol. The highest BCUT2D eigenvalue weighted by Crippen LogP contribution is 2.41. The zero-order chi connectivity index (χ0) is 13.1. The number of nitrogens with one attached hydrogen (secondary N) is 1. The molecule has 3 unspecified atom stereocenters. The largest absolute Gasteiger partial charge is 0.494 e. The molecular weight excluding hydrogens is 231 g/mol. The summed E-state index contributed by atoms with van der Waals surface area (Å²) < 4.78 is 19.3. The molecule has 0 aliphatic heterocycles. The summed E-state index contributed by atoms with van der Waals surface area (Å²) in [7, 11) is 1.48. The van der Waals surface area contributed by atoms with Crippen molar-refractivity contribution >= 4 is 0 Å². The monoisotopic (exact) mass is 252 g/mol. The third-order valence-corrected chi connectivity index (χ3v) is 4.08. The number of methoxy groups -OCH3 is 1. The molecule has 0 radical (unpaired) electrons. The van der Waals surface area contributed by atoms with E-state index in [-0.39, 0.29) is 17.6 Å². The van der Waals surface area contributed by atoms with E-state index in [2.05, 4.69) is 12.3 Å². The van der Waals surface area contributed by atoms with Gasteiger partial charge in [-0.25, -0.2) is 4.39 Å². The van der Waals surface area contributed by atoms with Gasteiger partial charge in [-0.15, -0.1) is 0 Å². The van der Waals surface area contributed by atoms with Crippen molar-refractivity contribution < 1.29 is 9.13 Å². The van der Waals surface area contributed by atoms with Gasteiger partial charge in [0.05, 0.1) is 13.2 Å². The maximum absolute atomic E-state index is 14.3. The molecule has 0 heterocycles. The van der Waals surface area contributed by atoms with Crippen molar-refractivity contribution in [1.82, 2.24) is 5.43 Å². The van der Waals surface area contributed by atoms with Gasteiger partial charge in [0.1, 0.15) is 0 Å². The molecule has 2 rings (SSSR count). The quantitative estimate of drug-likeness (QED) is 0.640. The van der Waals surface area contributed by atoms with E-state index in [9.17, 15) is 4.39 Å². The first kappa shape index (κ1) is 13.3. The number of rotatable bonds is 4. The molecule has 100 valence electrons. The molecule has 4 heteroatoms. The standard InChI is InChI=1S/C14H21FN2O/c1-9-5-3-6-10(9)14(17-16)11-7-4-8-12(18-2)13(11)15/h4,7-10,14,17H,3,5-6,16H2,1-2H3. The Bertz CT molecular complexity index is 411. The Morgan fingerprint density at radius 2 is 2.22 bits per heavy atom. The number of halogens is 1. The van der Waals surface area contributed by atoms with Crippen molar-refractivity contribution in [2.24, 2.45) is 17.7 Å². The lowest BCUT2D eigenvalue weighted by Gasteiger charge is -2.27. The molecule has 3 atom stereocenters. The molecule has 0 spiro atoms. The van der Waals surface area contributed by atoms with E-state index in [1.807, 2.05) is 0 Å². The van der Waals surface area contributed by atoms with Gasteiger partial charge in [0.25, 0.3) is 0 Å². The lowest BCUT2D eigenvalue weighted by atomic mass is 9.86. The van der Waals surface area contributed by atoms with Gasteiger partial charge >= 0.3 is 0 Å². The van der Waals surface area contributed by atoms with Crippen LogP contribution in [0.5, 0.6) is 5.75 Å². The first-order valence-corrected chi connectivity index (χ1v) is 6.47. The molecule has 3 nitrogen and oxygen atoms in total. The third-order valence-electron chi connectivity index (χ3n) is 4.08. The van der Waals surface area contributed by atoms with Crippen LogP contribution in [0.1, 0.15) is 37.8 Å². The van der Waals surface area contributed by atoms with E-state index in [0.717, 1.165) is 6.42 Å². The normalized spacial score (nSPS) is 25.1. The number of hydrogen-bond donors (Lipinski definition) is 2. The van der Waals surface area contributed by atoms with Crippen LogP contribution in [-0.2, 0) is 0 Å². The topological polar surface area (TPSA) is 47.3 Å². The van der Waals surface area contributed by atoms with Crippen molar-refractivity contribution in [2.45, 2.75) is 32.2 Å². The van der Waals surface area contributed by atoms with Gasteiger partial charge < -0.3 is 4.74 Å². The Morgan fingerprint density at radius 1 is 1.44 bits per heavy atom. The number of hydrazine groups is 1. The number of hydrogen-bond acceptors (Lipinski definition) is 3. The van der Waals surface area contributed by atoms with Gasteiger partial charge in [-0.3, -0.25) is 11.3 Å². The van der Waals surface area contributed by atoms with E-state index in [0.29, 0.717) is 17.4 Å². The van der Waals surface area contributed by atoms with Crippen LogP contribution in [0, 0.1) is 17.7 Å². The molecule has 0 saturated heterocycles. The molecule has 18 heavy (non-hydrogen) atoms. The van der Waals surface area contributed by atoms with Crippen LogP contribution in [0.3, 0.4) is 0 Å². The summed E-state index contributed by atoms with van der Waals surface area (Å²) in [5, 5.41) is 0. The molecule has 0 bridgehead atoms. The Kier molecular flexibility index (Phi) is 4.19. The molecule has 1 aromatic carbocycles. The van der Waals surface area contributed by atoms with Crippen LogP contribution >= 0.6 is 0 Å². The Hall–Kier alpha value is -1.13. The molecular formula is C14H21FN2O.